The average molecular weight is 425 g/mol. The van der Waals surface area contributed by atoms with Crippen molar-refractivity contribution in [3.8, 4) is 11.4 Å². The fourth-order valence-electron chi connectivity index (χ4n) is 7.05. The van der Waals surface area contributed by atoms with Gasteiger partial charge in [-0.15, -0.1) is 0 Å². The molecule has 4 saturated carbocycles. The normalized spacial score (nSPS) is 34.2. The summed E-state index contributed by atoms with van der Waals surface area (Å²) in [6, 6.07) is 6.15. The van der Waals surface area contributed by atoms with Gasteiger partial charge < -0.3 is 14.7 Å². The van der Waals surface area contributed by atoms with Gasteiger partial charge in [0.25, 0.3) is 0 Å². The van der Waals surface area contributed by atoms with Gasteiger partial charge in [-0.3, -0.25) is 0 Å². The van der Waals surface area contributed by atoms with E-state index in [9.17, 15) is 9.18 Å². The van der Waals surface area contributed by atoms with Gasteiger partial charge in [0.05, 0.1) is 5.92 Å². The second kappa shape index (κ2) is 7.31. The van der Waals surface area contributed by atoms with Crippen molar-refractivity contribution in [1.29, 1.82) is 0 Å². The molecule has 2 heterocycles. The van der Waals surface area contributed by atoms with Gasteiger partial charge in [-0.1, -0.05) is 5.16 Å². The van der Waals surface area contributed by atoms with E-state index in [2.05, 4.69) is 15.5 Å². The highest BCUT2D eigenvalue weighted by atomic mass is 19.1. The summed E-state index contributed by atoms with van der Waals surface area (Å²) in [4.78, 5) is 19.7. The third-order valence-corrected chi connectivity index (χ3v) is 8.01. The second-order valence-corrected chi connectivity index (χ2v) is 10.4. The first-order valence-electron chi connectivity index (χ1n) is 11.7. The number of likely N-dealkylation sites (tertiary alicyclic amines) is 1. The number of amides is 2. The van der Waals surface area contributed by atoms with E-state index in [1.54, 1.807) is 12.1 Å². The van der Waals surface area contributed by atoms with Gasteiger partial charge >= 0.3 is 6.03 Å². The molecule has 4 bridgehead atoms. The number of halogens is 1. The summed E-state index contributed by atoms with van der Waals surface area (Å²) in [7, 11) is 0. The molecular formula is C24H29FN4O2. The van der Waals surface area contributed by atoms with Crippen LogP contribution in [-0.2, 0) is 0 Å². The average Bonchev–Trinajstić information content (AvgIpc) is 3.23. The van der Waals surface area contributed by atoms with E-state index in [-0.39, 0.29) is 23.3 Å². The van der Waals surface area contributed by atoms with E-state index in [0.717, 1.165) is 62.0 Å². The number of piperidine rings is 1. The molecule has 5 aliphatic rings. The van der Waals surface area contributed by atoms with Crippen LogP contribution in [0.1, 0.15) is 63.2 Å². The predicted octanol–water partition coefficient (Wildman–Crippen LogP) is 4.73. The molecule has 1 aliphatic heterocycles. The quantitative estimate of drug-likeness (QED) is 0.773. The monoisotopic (exact) mass is 424 g/mol. The molecule has 1 atom stereocenters. The minimum Gasteiger partial charge on any atom is -0.339 e. The van der Waals surface area contributed by atoms with Crippen LogP contribution < -0.4 is 5.32 Å². The van der Waals surface area contributed by atoms with Crippen molar-refractivity contribution in [2.24, 2.45) is 17.8 Å². The summed E-state index contributed by atoms with van der Waals surface area (Å²) >= 11 is 0. The SMILES string of the molecule is O=C(NC12CC3CC(CC(C3)C1)C2)N1CCC[C@@H](c2nc(-c3ccc(F)cc3)no2)C1. The molecule has 1 N–H and O–H groups in total. The Hall–Kier alpha value is -2.44. The minimum atomic E-state index is -0.291. The Morgan fingerprint density at radius 3 is 2.45 bits per heavy atom. The van der Waals surface area contributed by atoms with Crippen molar-refractivity contribution in [3.63, 3.8) is 0 Å². The number of benzene rings is 1. The molecule has 1 aromatic carbocycles. The first-order chi connectivity index (χ1) is 15.1. The van der Waals surface area contributed by atoms with Crippen LogP contribution in [0.2, 0.25) is 0 Å². The maximum atomic E-state index is 13.2. The topological polar surface area (TPSA) is 71.3 Å². The molecule has 6 nitrogen and oxygen atoms in total. The minimum absolute atomic E-state index is 0.0268. The van der Waals surface area contributed by atoms with Crippen LogP contribution in [0, 0.1) is 23.6 Å². The van der Waals surface area contributed by atoms with Crippen molar-refractivity contribution >= 4 is 6.03 Å². The highest BCUT2D eigenvalue weighted by Gasteiger charge is 2.52. The Kier molecular flexibility index (Phi) is 4.54. The van der Waals surface area contributed by atoms with Crippen LogP contribution in [0.25, 0.3) is 11.4 Å². The van der Waals surface area contributed by atoms with Gasteiger partial charge in [-0.2, -0.15) is 4.98 Å². The summed E-state index contributed by atoms with van der Waals surface area (Å²) < 4.78 is 18.7. The van der Waals surface area contributed by atoms with E-state index in [1.165, 1.54) is 31.4 Å². The van der Waals surface area contributed by atoms with Gasteiger partial charge in [0.2, 0.25) is 11.7 Å². The lowest BCUT2D eigenvalue weighted by Crippen LogP contribution is -2.62. The molecule has 1 aromatic heterocycles. The first kappa shape index (κ1) is 19.3. The molecule has 0 radical (unpaired) electrons. The van der Waals surface area contributed by atoms with Gasteiger partial charge in [0.1, 0.15) is 5.82 Å². The Morgan fingerprint density at radius 1 is 1.10 bits per heavy atom. The van der Waals surface area contributed by atoms with Crippen LogP contribution in [0.5, 0.6) is 0 Å². The van der Waals surface area contributed by atoms with Crippen LogP contribution in [-0.4, -0.2) is 39.7 Å². The van der Waals surface area contributed by atoms with Crippen molar-refractivity contribution in [3.05, 3.63) is 36.0 Å². The number of rotatable bonds is 3. The third-order valence-electron chi connectivity index (χ3n) is 8.01. The lowest BCUT2D eigenvalue weighted by Gasteiger charge is -2.57. The zero-order valence-corrected chi connectivity index (χ0v) is 17.7. The highest BCUT2D eigenvalue weighted by molar-refractivity contribution is 5.75. The first-order valence-corrected chi connectivity index (χ1v) is 11.7. The lowest BCUT2D eigenvalue weighted by atomic mass is 9.53. The molecule has 7 heteroatoms. The number of hydrogen-bond donors (Lipinski definition) is 1. The van der Waals surface area contributed by atoms with Gasteiger partial charge in [-0.25, -0.2) is 9.18 Å². The standard InChI is InChI=1S/C24H29FN4O2/c25-20-5-3-18(4-6-20)21-26-22(31-28-21)19-2-1-7-29(14-19)23(30)27-24-11-15-8-16(12-24)10-17(9-15)13-24/h3-6,15-17,19H,1-2,7-14H2,(H,27,30)/t15?,16?,17?,19-,24?/m1/s1. The number of nitrogens with one attached hydrogen (secondary N) is 1. The maximum Gasteiger partial charge on any atom is 0.317 e. The maximum absolute atomic E-state index is 13.2. The van der Waals surface area contributed by atoms with E-state index in [1.807, 2.05) is 4.90 Å². The fraction of sp³-hybridized carbons (Fsp3) is 0.625. The van der Waals surface area contributed by atoms with Crippen LogP contribution in [0.15, 0.2) is 28.8 Å². The van der Waals surface area contributed by atoms with Crippen molar-refractivity contribution in [2.45, 2.75) is 62.8 Å². The van der Waals surface area contributed by atoms with Crippen LogP contribution in [0.3, 0.4) is 0 Å². The van der Waals surface area contributed by atoms with Gasteiger partial charge in [-0.05, 0) is 93.4 Å². The summed E-state index contributed by atoms with van der Waals surface area (Å²) in [5.41, 5.74) is 0.752. The molecule has 164 valence electrons. The Morgan fingerprint density at radius 2 is 1.77 bits per heavy atom. The molecule has 4 aliphatic carbocycles. The van der Waals surface area contributed by atoms with E-state index >= 15 is 0 Å². The number of aromatic nitrogens is 2. The molecular weight excluding hydrogens is 395 g/mol. The molecule has 7 rings (SSSR count). The van der Waals surface area contributed by atoms with Crippen LogP contribution >= 0.6 is 0 Å². The van der Waals surface area contributed by atoms with Crippen molar-refractivity contribution in [1.82, 2.24) is 20.4 Å². The number of carbonyl (C=O) groups is 1. The predicted molar refractivity (Wildman–Crippen MR) is 113 cm³/mol. The third kappa shape index (κ3) is 3.62. The Bertz CT molecular complexity index is 937. The molecule has 2 amide bonds. The summed E-state index contributed by atoms with van der Waals surface area (Å²) in [5.74, 6) is 3.20. The van der Waals surface area contributed by atoms with Crippen LogP contribution in [0.4, 0.5) is 9.18 Å². The zero-order valence-electron chi connectivity index (χ0n) is 17.7. The molecule has 2 aromatic rings. The van der Waals surface area contributed by atoms with E-state index < -0.39 is 0 Å². The van der Waals surface area contributed by atoms with E-state index in [0.29, 0.717) is 18.3 Å². The highest BCUT2D eigenvalue weighted by Crippen LogP contribution is 2.55. The molecule has 31 heavy (non-hydrogen) atoms. The van der Waals surface area contributed by atoms with Gasteiger partial charge in [0, 0.05) is 24.2 Å². The zero-order chi connectivity index (χ0) is 21.0. The second-order valence-electron chi connectivity index (χ2n) is 10.4. The number of urea groups is 1. The number of hydrogen-bond acceptors (Lipinski definition) is 4. The Labute approximate surface area is 181 Å². The number of nitrogens with zero attached hydrogens (tertiary/aromatic N) is 3. The molecule has 0 unspecified atom stereocenters. The van der Waals surface area contributed by atoms with Gasteiger partial charge in [0.15, 0.2) is 0 Å². The summed E-state index contributed by atoms with van der Waals surface area (Å²) in [6.45, 7) is 1.37. The van der Waals surface area contributed by atoms with Crippen molar-refractivity contribution in [2.75, 3.05) is 13.1 Å². The van der Waals surface area contributed by atoms with Crippen molar-refractivity contribution < 1.29 is 13.7 Å². The smallest absolute Gasteiger partial charge is 0.317 e. The van der Waals surface area contributed by atoms with E-state index in [4.69, 9.17) is 4.52 Å². The molecule has 5 fully saturated rings. The Balaban J connectivity index is 1.13. The number of carbonyl (C=O) groups excluding carboxylic acids is 1. The molecule has 0 spiro atoms. The fourth-order valence-corrected chi connectivity index (χ4v) is 7.05. The summed E-state index contributed by atoms with van der Waals surface area (Å²) in [5, 5.41) is 7.57. The molecule has 1 saturated heterocycles. The largest absolute Gasteiger partial charge is 0.339 e. The summed E-state index contributed by atoms with van der Waals surface area (Å²) in [6.07, 6.45) is 9.43. The lowest BCUT2D eigenvalue weighted by molar-refractivity contribution is -0.0161.